The van der Waals surface area contributed by atoms with E-state index in [1.165, 1.54) is 10.4 Å². The molecule has 0 aromatic carbocycles. The van der Waals surface area contributed by atoms with Crippen LogP contribution in [-0.2, 0) is 16.0 Å². The first-order chi connectivity index (χ1) is 8.27. The van der Waals surface area contributed by atoms with Crippen molar-refractivity contribution in [2.45, 2.75) is 19.4 Å². The lowest BCUT2D eigenvalue weighted by molar-refractivity contribution is -0.125. The van der Waals surface area contributed by atoms with Crippen molar-refractivity contribution in [1.29, 1.82) is 0 Å². The fourth-order valence-corrected chi connectivity index (χ4v) is 2.73. The second-order valence-corrected chi connectivity index (χ2v) is 5.15. The van der Waals surface area contributed by atoms with E-state index < -0.39 is 0 Å². The Morgan fingerprint density at radius 2 is 2.59 bits per heavy atom. The van der Waals surface area contributed by atoms with Crippen molar-refractivity contribution < 1.29 is 9.53 Å². The van der Waals surface area contributed by atoms with Crippen LogP contribution in [0.15, 0.2) is 11.4 Å². The molecule has 0 saturated carbocycles. The van der Waals surface area contributed by atoms with E-state index in [-0.39, 0.29) is 11.9 Å². The third-order valence-electron chi connectivity index (χ3n) is 2.86. The first-order valence-electron chi connectivity index (χ1n) is 5.89. The van der Waals surface area contributed by atoms with Gasteiger partial charge < -0.3 is 15.4 Å². The minimum Gasteiger partial charge on any atom is -0.378 e. The van der Waals surface area contributed by atoms with Crippen molar-refractivity contribution in [2.24, 2.45) is 0 Å². The van der Waals surface area contributed by atoms with E-state index in [9.17, 15) is 4.79 Å². The number of nitrogens with one attached hydrogen (secondary N) is 2. The van der Waals surface area contributed by atoms with Crippen molar-refractivity contribution in [1.82, 2.24) is 10.6 Å². The molecule has 2 N–H and O–H groups in total. The standard InChI is InChI=1S/C12H18N2O2S/c1-9-3-7-17-11(9)2-4-14-12(15)10-8-16-6-5-13-10/h3,7,10,13H,2,4-6,8H2,1H3,(H,14,15). The predicted octanol–water partition coefficient (Wildman–Crippen LogP) is 0.704. The molecule has 0 spiro atoms. The quantitative estimate of drug-likeness (QED) is 0.832. The molecule has 94 valence electrons. The topological polar surface area (TPSA) is 50.4 Å². The Labute approximate surface area is 105 Å². The Bertz CT molecular complexity index is 372. The normalized spacial score (nSPS) is 20.2. The van der Waals surface area contributed by atoms with Crippen molar-refractivity contribution in [3.05, 3.63) is 21.9 Å². The molecule has 0 aliphatic carbocycles. The molecule has 0 radical (unpaired) electrons. The highest BCUT2D eigenvalue weighted by Gasteiger charge is 2.20. The zero-order valence-electron chi connectivity index (χ0n) is 9.99. The van der Waals surface area contributed by atoms with E-state index in [0.717, 1.165) is 13.0 Å². The van der Waals surface area contributed by atoms with Crippen LogP contribution in [0, 0.1) is 6.92 Å². The van der Waals surface area contributed by atoms with Gasteiger partial charge in [-0.15, -0.1) is 11.3 Å². The molecule has 1 aliphatic rings. The minimum atomic E-state index is -0.187. The molecule has 1 unspecified atom stereocenters. The number of morpholine rings is 1. The molecule has 1 fully saturated rings. The van der Waals surface area contributed by atoms with Gasteiger partial charge in [0.2, 0.25) is 5.91 Å². The summed E-state index contributed by atoms with van der Waals surface area (Å²) < 4.78 is 5.25. The van der Waals surface area contributed by atoms with E-state index in [1.54, 1.807) is 11.3 Å². The highest BCUT2D eigenvalue weighted by atomic mass is 32.1. The predicted molar refractivity (Wildman–Crippen MR) is 68.4 cm³/mol. The van der Waals surface area contributed by atoms with Gasteiger partial charge in [-0.3, -0.25) is 4.79 Å². The Kier molecular flexibility index (Phi) is 4.53. The van der Waals surface area contributed by atoms with Gasteiger partial charge in [0.1, 0.15) is 6.04 Å². The molecule has 1 amide bonds. The molecule has 1 saturated heterocycles. The molecule has 1 aromatic heterocycles. The molecule has 1 aliphatic heterocycles. The summed E-state index contributed by atoms with van der Waals surface area (Å²) in [4.78, 5) is 13.1. The molecule has 5 heteroatoms. The van der Waals surface area contributed by atoms with Crippen LogP contribution >= 0.6 is 11.3 Å². The maximum atomic E-state index is 11.8. The average molecular weight is 254 g/mol. The number of hydrogen-bond donors (Lipinski definition) is 2. The lowest BCUT2D eigenvalue weighted by atomic mass is 10.2. The van der Waals surface area contributed by atoms with E-state index >= 15 is 0 Å². The summed E-state index contributed by atoms with van der Waals surface area (Å²) in [6, 6.07) is 1.92. The Morgan fingerprint density at radius 3 is 3.24 bits per heavy atom. The number of hydrogen-bond acceptors (Lipinski definition) is 4. The SMILES string of the molecule is Cc1ccsc1CCNC(=O)C1COCCN1. The molecule has 2 rings (SSSR count). The van der Waals surface area contributed by atoms with E-state index in [0.29, 0.717) is 19.8 Å². The Morgan fingerprint density at radius 1 is 1.71 bits per heavy atom. The van der Waals surface area contributed by atoms with Gasteiger partial charge in [0, 0.05) is 18.0 Å². The largest absolute Gasteiger partial charge is 0.378 e. The van der Waals surface area contributed by atoms with Crippen LogP contribution in [0.25, 0.3) is 0 Å². The van der Waals surface area contributed by atoms with Gasteiger partial charge in [-0.2, -0.15) is 0 Å². The first kappa shape index (κ1) is 12.5. The lowest BCUT2D eigenvalue weighted by Gasteiger charge is -2.22. The maximum Gasteiger partial charge on any atom is 0.239 e. The Balaban J connectivity index is 1.71. The summed E-state index contributed by atoms with van der Waals surface area (Å²) in [6.45, 7) is 4.71. The van der Waals surface area contributed by atoms with Crippen LogP contribution in [0.5, 0.6) is 0 Å². The number of thiophene rings is 1. The molecular formula is C12H18N2O2S. The minimum absolute atomic E-state index is 0.0407. The number of ether oxygens (including phenoxy) is 1. The smallest absolute Gasteiger partial charge is 0.239 e. The van der Waals surface area contributed by atoms with Gasteiger partial charge in [0.05, 0.1) is 13.2 Å². The van der Waals surface area contributed by atoms with E-state index in [2.05, 4.69) is 29.0 Å². The third kappa shape index (κ3) is 3.52. The highest BCUT2D eigenvalue weighted by Crippen LogP contribution is 2.15. The van der Waals surface area contributed by atoms with Gasteiger partial charge in [-0.05, 0) is 30.4 Å². The maximum absolute atomic E-state index is 11.8. The molecule has 17 heavy (non-hydrogen) atoms. The molecular weight excluding hydrogens is 236 g/mol. The first-order valence-corrected chi connectivity index (χ1v) is 6.77. The number of carbonyl (C=O) groups excluding carboxylic acids is 1. The number of amides is 1. The van der Waals surface area contributed by atoms with Gasteiger partial charge in [-0.1, -0.05) is 0 Å². The molecule has 1 aromatic rings. The summed E-state index contributed by atoms with van der Waals surface area (Å²) >= 11 is 1.75. The van der Waals surface area contributed by atoms with Crippen molar-refractivity contribution >= 4 is 17.2 Å². The summed E-state index contributed by atoms with van der Waals surface area (Å²) in [6.07, 6.45) is 0.906. The Hall–Kier alpha value is -0.910. The van der Waals surface area contributed by atoms with Crippen LogP contribution in [-0.4, -0.2) is 38.3 Å². The highest BCUT2D eigenvalue weighted by molar-refractivity contribution is 7.10. The fraction of sp³-hybridized carbons (Fsp3) is 0.583. The number of aryl methyl sites for hydroxylation is 1. The lowest BCUT2D eigenvalue weighted by Crippen LogP contribution is -2.51. The molecule has 2 heterocycles. The van der Waals surface area contributed by atoms with Crippen molar-refractivity contribution in [3.63, 3.8) is 0 Å². The third-order valence-corrected chi connectivity index (χ3v) is 3.94. The summed E-state index contributed by atoms with van der Waals surface area (Å²) in [7, 11) is 0. The summed E-state index contributed by atoms with van der Waals surface area (Å²) in [5, 5.41) is 8.17. The molecule has 0 bridgehead atoms. The molecule has 1 atom stereocenters. The second-order valence-electron chi connectivity index (χ2n) is 4.15. The van der Waals surface area contributed by atoms with E-state index in [4.69, 9.17) is 4.74 Å². The van der Waals surface area contributed by atoms with E-state index in [1.807, 2.05) is 0 Å². The average Bonchev–Trinajstić information content (AvgIpc) is 2.76. The van der Waals surface area contributed by atoms with Crippen LogP contribution in [0.3, 0.4) is 0 Å². The van der Waals surface area contributed by atoms with Crippen molar-refractivity contribution in [2.75, 3.05) is 26.3 Å². The zero-order valence-corrected chi connectivity index (χ0v) is 10.8. The molecule has 4 nitrogen and oxygen atoms in total. The van der Waals surface area contributed by atoms with Crippen LogP contribution in [0.4, 0.5) is 0 Å². The van der Waals surface area contributed by atoms with Gasteiger partial charge in [-0.25, -0.2) is 0 Å². The van der Waals surface area contributed by atoms with Crippen LogP contribution in [0.2, 0.25) is 0 Å². The summed E-state index contributed by atoms with van der Waals surface area (Å²) in [5.41, 5.74) is 1.31. The number of rotatable bonds is 4. The summed E-state index contributed by atoms with van der Waals surface area (Å²) in [5.74, 6) is 0.0407. The van der Waals surface area contributed by atoms with Gasteiger partial charge in [0.15, 0.2) is 0 Å². The zero-order chi connectivity index (χ0) is 12.1. The monoisotopic (exact) mass is 254 g/mol. The van der Waals surface area contributed by atoms with Crippen LogP contribution < -0.4 is 10.6 Å². The van der Waals surface area contributed by atoms with Gasteiger partial charge >= 0.3 is 0 Å². The second kappa shape index (κ2) is 6.14. The number of carbonyl (C=O) groups is 1. The fourth-order valence-electron chi connectivity index (χ4n) is 1.82. The van der Waals surface area contributed by atoms with Crippen LogP contribution in [0.1, 0.15) is 10.4 Å². The van der Waals surface area contributed by atoms with Crippen molar-refractivity contribution in [3.8, 4) is 0 Å². The van der Waals surface area contributed by atoms with Gasteiger partial charge in [0.25, 0.3) is 0 Å².